The maximum Gasteiger partial charge on any atom is 0.119 e. The highest BCUT2D eigenvalue weighted by molar-refractivity contribution is 5.30. The molecule has 1 aromatic rings. The number of ether oxygens (including phenoxy) is 1. The predicted molar refractivity (Wildman–Crippen MR) is 61.2 cm³/mol. The van der Waals surface area contributed by atoms with Gasteiger partial charge in [-0.1, -0.05) is 12.1 Å². The van der Waals surface area contributed by atoms with Gasteiger partial charge in [0, 0.05) is 25.2 Å². The minimum absolute atomic E-state index is 0.382. The second-order valence-corrected chi connectivity index (χ2v) is 4.02. The van der Waals surface area contributed by atoms with Gasteiger partial charge in [-0.05, 0) is 24.6 Å². The Morgan fingerprint density at radius 2 is 2.27 bits per heavy atom. The van der Waals surface area contributed by atoms with E-state index in [2.05, 4.69) is 29.7 Å². The molecule has 2 rings (SSSR count). The van der Waals surface area contributed by atoms with Crippen LogP contribution >= 0.6 is 0 Å². The Labute approximate surface area is 90.8 Å². The average molecular weight is 206 g/mol. The second kappa shape index (κ2) is 4.64. The third-order valence-corrected chi connectivity index (χ3v) is 2.86. The van der Waals surface area contributed by atoms with Crippen LogP contribution in [0.1, 0.15) is 18.5 Å². The minimum Gasteiger partial charge on any atom is -0.497 e. The van der Waals surface area contributed by atoms with Crippen LogP contribution in [0.5, 0.6) is 5.75 Å². The monoisotopic (exact) mass is 206 g/mol. The van der Waals surface area contributed by atoms with Gasteiger partial charge in [0.1, 0.15) is 5.75 Å². The van der Waals surface area contributed by atoms with E-state index in [0.717, 1.165) is 18.8 Å². The van der Waals surface area contributed by atoms with Gasteiger partial charge in [-0.2, -0.15) is 0 Å². The van der Waals surface area contributed by atoms with Crippen molar-refractivity contribution in [3.8, 4) is 5.75 Å². The van der Waals surface area contributed by atoms with E-state index >= 15 is 0 Å². The summed E-state index contributed by atoms with van der Waals surface area (Å²) in [6.45, 7) is 4.34. The first-order valence-electron chi connectivity index (χ1n) is 5.40. The van der Waals surface area contributed by atoms with Gasteiger partial charge in [0.25, 0.3) is 0 Å². The lowest BCUT2D eigenvalue weighted by Gasteiger charge is -2.31. The van der Waals surface area contributed by atoms with Gasteiger partial charge in [-0.3, -0.25) is 0 Å². The highest BCUT2D eigenvalue weighted by Gasteiger charge is 2.18. The zero-order valence-electron chi connectivity index (χ0n) is 9.29. The molecule has 0 radical (unpaired) electrons. The highest BCUT2D eigenvalue weighted by Crippen LogP contribution is 2.19. The van der Waals surface area contributed by atoms with E-state index in [1.54, 1.807) is 7.11 Å². The summed E-state index contributed by atoms with van der Waals surface area (Å²) in [7, 11) is 1.70. The molecule has 0 aliphatic carbocycles. The first kappa shape index (κ1) is 10.5. The summed E-state index contributed by atoms with van der Waals surface area (Å²) in [5.41, 5.74) is 1.28. The molecular weight excluding hydrogens is 188 g/mol. The topological polar surface area (TPSA) is 33.3 Å². The quantitative estimate of drug-likeness (QED) is 0.779. The fourth-order valence-electron chi connectivity index (χ4n) is 1.77. The van der Waals surface area contributed by atoms with Gasteiger partial charge >= 0.3 is 0 Å². The molecule has 0 bridgehead atoms. The molecule has 82 valence electrons. The zero-order chi connectivity index (χ0) is 10.7. The average Bonchev–Trinajstić information content (AvgIpc) is 2.23. The number of benzene rings is 1. The van der Waals surface area contributed by atoms with Crippen molar-refractivity contribution < 1.29 is 4.74 Å². The predicted octanol–water partition coefficient (Wildman–Crippen LogP) is 1.32. The van der Waals surface area contributed by atoms with Gasteiger partial charge < -0.3 is 15.4 Å². The van der Waals surface area contributed by atoms with Crippen molar-refractivity contribution >= 4 is 0 Å². The minimum atomic E-state index is 0.382. The van der Waals surface area contributed by atoms with Crippen LogP contribution in [0, 0.1) is 0 Å². The van der Waals surface area contributed by atoms with Crippen molar-refractivity contribution in [3.63, 3.8) is 0 Å². The van der Waals surface area contributed by atoms with E-state index in [4.69, 9.17) is 4.74 Å². The molecule has 3 heteroatoms. The van der Waals surface area contributed by atoms with Crippen LogP contribution in [0.2, 0.25) is 0 Å². The SMILES string of the molecule is COc1cccc([C@H](C)NC2CNC2)c1. The third-order valence-electron chi connectivity index (χ3n) is 2.86. The van der Waals surface area contributed by atoms with E-state index in [1.165, 1.54) is 5.56 Å². The van der Waals surface area contributed by atoms with Gasteiger partial charge in [0.15, 0.2) is 0 Å². The fraction of sp³-hybridized carbons (Fsp3) is 0.500. The summed E-state index contributed by atoms with van der Waals surface area (Å²) < 4.78 is 5.21. The Balaban J connectivity index is 1.99. The maximum atomic E-state index is 5.21. The first-order valence-corrected chi connectivity index (χ1v) is 5.40. The van der Waals surface area contributed by atoms with Crippen LogP contribution in [0.15, 0.2) is 24.3 Å². The van der Waals surface area contributed by atoms with Crippen molar-refractivity contribution in [2.45, 2.75) is 19.0 Å². The lowest BCUT2D eigenvalue weighted by atomic mass is 10.1. The molecule has 15 heavy (non-hydrogen) atoms. The number of hydrogen-bond donors (Lipinski definition) is 2. The van der Waals surface area contributed by atoms with Crippen LogP contribution in [0.25, 0.3) is 0 Å². The summed E-state index contributed by atoms with van der Waals surface area (Å²) in [6.07, 6.45) is 0. The molecule has 1 fully saturated rings. The third kappa shape index (κ3) is 2.49. The van der Waals surface area contributed by atoms with Crippen molar-refractivity contribution in [1.82, 2.24) is 10.6 Å². The second-order valence-electron chi connectivity index (χ2n) is 4.02. The molecule has 1 aliphatic heterocycles. The molecule has 0 amide bonds. The summed E-state index contributed by atoms with van der Waals surface area (Å²) in [6, 6.07) is 9.22. The fourth-order valence-corrected chi connectivity index (χ4v) is 1.77. The molecule has 0 saturated carbocycles. The van der Waals surface area contributed by atoms with Crippen LogP contribution in [-0.2, 0) is 0 Å². The Morgan fingerprint density at radius 1 is 1.47 bits per heavy atom. The standard InChI is InChI=1S/C12H18N2O/c1-9(14-11-7-13-8-11)10-4-3-5-12(6-10)15-2/h3-6,9,11,13-14H,7-8H2,1-2H3/t9-/m0/s1. The summed E-state index contributed by atoms with van der Waals surface area (Å²) in [5, 5.41) is 6.82. The van der Waals surface area contributed by atoms with E-state index in [0.29, 0.717) is 12.1 Å². The molecule has 1 atom stereocenters. The number of methoxy groups -OCH3 is 1. The first-order chi connectivity index (χ1) is 7.29. The maximum absolute atomic E-state index is 5.21. The molecule has 1 aliphatic rings. The zero-order valence-corrected chi connectivity index (χ0v) is 9.29. The van der Waals surface area contributed by atoms with E-state index in [1.807, 2.05) is 12.1 Å². The van der Waals surface area contributed by atoms with Crippen LogP contribution in [-0.4, -0.2) is 26.2 Å². The van der Waals surface area contributed by atoms with Gasteiger partial charge in [-0.25, -0.2) is 0 Å². The van der Waals surface area contributed by atoms with E-state index < -0.39 is 0 Å². The van der Waals surface area contributed by atoms with Crippen molar-refractivity contribution in [3.05, 3.63) is 29.8 Å². The van der Waals surface area contributed by atoms with Crippen LogP contribution < -0.4 is 15.4 Å². The normalized spacial score (nSPS) is 18.3. The molecule has 0 spiro atoms. The molecule has 1 saturated heterocycles. The number of hydrogen-bond acceptors (Lipinski definition) is 3. The molecule has 0 unspecified atom stereocenters. The van der Waals surface area contributed by atoms with E-state index in [9.17, 15) is 0 Å². The number of nitrogens with one attached hydrogen (secondary N) is 2. The lowest BCUT2D eigenvalue weighted by molar-refractivity contribution is 0.337. The van der Waals surface area contributed by atoms with Crippen molar-refractivity contribution in [2.75, 3.05) is 20.2 Å². The summed E-state index contributed by atoms with van der Waals surface area (Å²) in [5.74, 6) is 0.924. The van der Waals surface area contributed by atoms with Crippen molar-refractivity contribution in [1.29, 1.82) is 0 Å². The number of rotatable bonds is 4. The van der Waals surface area contributed by atoms with Gasteiger partial charge in [-0.15, -0.1) is 0 Å². The Bertz CT molecular complexity index is 323. The Morgan fingerprint density at radius 3 is 2.87 bits per heavy atom. The smallest absolute Gasteiger partial charge is 0.119 e. The molecule has 1 aromatic carbocycles. The van der Waals surface area contributed by atoms with E-state index in [-0.39, 0.29) is 0 Å². The van der Waals surface area contributed by atoms with Crippen molar-refractivity contribution in [2.24, 2.45) is 0 Å². The van der Waals surface area contributed by atoms with Gasteiger partial charge in [0.05, 0.1) is 7.11 Å². The molecule has 2 N–H and O–H groups in total. The van der Waals surface area contributed by atoms with Gasteiger partial charge in [0.2, 0.25) is 0 Å². The highest BCUT2D eigenvalue weighted by atomic mass is 16.5. The Kier molecular flexibility index (Phi) is 3.23. The molecule has 1 heterocycles. The summed E-state index contributed by atoms with van der Waals surface area (Å²) in [4.78, 5) is 0. The van der Waals surface area contributed by atoms with Crippen LogP contribution in [0.4, 0.5) is 0 Å². The Hall–Kier alpha value is -1.06. The molecular formula is C12H18N2O. The largest absolute Gasteiger partial charge is 0.497 e. The lowest BCUT2D eigenvalue weighted by Crippen LogP contribution is -2.55. The molecule has 0 aromatic heterocycles. The molecule has 3 nitrogen and oxygen atoms in total. The van der Waals surface area contributed by atoms with Crippen LogP contribution in [0.3, 0.4) is 0 Å². The summed E-state index contributed by atoms with van der Waals surface area (Å²) >= 11 is 0.